The van der Waals surface area contributed by atoms with Gasteiger partial charge in [0.25, 0.3) is 0 Å². The zero-order chi connectivity index (χ0) is 22.4. The quantitative estimate of drug-likeness (QED) is 0.473. The Bertz CT molecular complexity index is 1270. The Morgan fingerprint density at radius 3 is 2.19 bits per heavy atom. The van der Waals surface area contributed by atoms with E-state index < -0.39 is 0 Å². The molecule has 0 saturated carbocycles. The van der Waals surface area contributed by atoms with Gasteiger partial charge in [-0.1, -0.05) is 23.8 Å². The zero-order valence-electron chi connectivity index (χ0n) is 19.5. The summed E-state index contributed by atoms with van der Waals surface area (Å²) in [5, 5.41) is 4.73. The molecule has 2 aromatic heterocycles. The topological polar surface area (TPSA) is 50.1 Å². The summed E-state index contributed by atoms with van der Waals surface area (Å²) in [7, 11) is 0. The molecule has 1 aliphatic heterocycles. The predicted molar refractivity (Wildman–Crippen MR) is 131 cm³/mol. The Morgan fingerprint density at radius 2 is 1.50 bits per heavy atom. The molecule has 4 aromatic rings. The highest BCUT2D eigenvalue weighted by Crippen LogP contribution is 2.29. The normalized spacial score (nSPS) is 16.7. The predicted octanol–water partition coefficient (Wildman–Crippen LogP) is 4.76. The molecule has 1 saturated heterocycles. The van der Waals surface area contributed by atoms with Gasteiger partial charge in [0.15, 0.2) is 11.6 Å². The van der Waals surface area contributed by atoms with Crippen molar-refractivity contribution in [2.45, 2.75) is 40.7 Å². The summed E-state index contributed by atoms with van der Waals surface area (Å²) < 4.78 is 1.94. The zero-order valence-corrected chi connectivity index (χ0v) is 19.5. The Kier molecular flexibility index (Phi) is 5.08. The maximum absolute atomic E-state index is 5.09. The Morgan fingerprint density at radius 1 is 0.781 bits per heavy atom. The number of aryl methyl sites for hydroxylation is 4. The van der Waals surface area contributed by atoms with Crippen LogP contribution in [0.3, 0.4) is 0 Å². The molecule has 0 amide bonds. The van der Waals surface area contributed by atoms with Gasteiger partial charge >= 0.3 is 0 Å². The minimum Gasteiger partial charge on any atom is -0.365 e. The summed E-state index contributed by atoms with van der Waals surface area (Å²) in [5.74, 6) is 1.72. The van der Waals surface area contributed by atoms with Crippen molar-refractivity contribution >= 4 is 22.5 Å². The van der Waals surface area contributed by atoms with Gasteiger partial charge in [-0.05, 0) is 70.5 Å². The second-order valence-corrected chi connectivity index (χ2v) is 9.03. The molecule has 6 heteroatoms. The lowest BCUT2D eigenvalue weighted by atomic mass is 10.1. The van der Waals surface area contributed by atoms with Crippen LogP contribution in [0.15, 0.2) is 48.5 Å². The van der Waals surface area contributed by atoms with Crippen molar-refractivity contribution in [1.29, 1.82) is 0 Å². The van der Waals surface area contributed by atoms with Crippen LogP contribution < -0.4 is 9.80 Å². The molecule has 2 aromatic carbocycles. The van der Waals surface area contributed by atoms with Gasteiger partial charge in [0.1, 0.15) is 0 Å². The molecular weight excluding hydrogens is 396 g/mol. The van der Waals surface area contributed by atoms with Crippen LogP contribution in [0.2, 0.25) is 0 Å². The fraction of sp³-hybridized carbons (Fsp3) is 0.346. The number of fused-ring (bicyclic) bond motifs is 1. The number of hydrogen-bond donors (Lipinski definition) is 0. The van der Waals surface area contributed by atoms with Crippen LogP contribution in [-0.4, -0.2) is 45.4 Å². The first-order valence-electron chi connectivity index (χ1n) is 11.3. The van der Waals surface area contributed by atoms with Crippen molar-refractivity contribution < 1.29 is 0 Å². The van der Waals surface area contributed by atoms with E-state index in [9.17, 15) is 0 Å². The molecule has 32 heavy (non-hydrogen) atoms. The Labute approximate surface area is 189 Å². The van der Waals surface area contributed by atoms with Crippen molar-refractivity contribution in [3.8, 4) is 5.82 Å². The fourth-order valence-electron chi connectivity index (χ4n) is 4.61. The Hall–Kier alpha value is -3.41. The lowest BCUT2D eigenvalue weighted by Gasteiger charge is -2.42. The third-order valence-electron chi connectivity index (χ3n) is 6.29. The molecule has 1 atom stereocenters. The molecule has 1 fully saturated rings. The van der Waals surface area contributed by atoms with Crippen LogP contribution in [-0.2, 0) is 0 Å². The number of aromatic nitrogens is 4. The monoisotopic (exact) mass is 426 g/mol. The van der Waals surface area contributed by atoms with E-state index in [1.54, 1.807) is 0 Å². The molecule has 0 aliphatic carbocycles. The minimum absolute atomic E-state index is 0.357. The van der Waals surface area contributed by atoms with E-state index in [0.29, 0.717) is 6.04 Å². The summed E-state index contributed by atoms with van der Waals surface area (Å²) in [4.78, 5) is 15.0. The average molecular weight is 427 g/mol. The van der Waals surface area contributed by atoms with Gasteiger partial charge < -0.3 is 9.80 Å². The maximum Gasteiger partial charge on any atom is 0.197 e. The summed E-state index contributed by atoms with van der Waals surface area (Å²) >= 11 is 0. The largest absolute Gasteiger partial charge is 0.365 e. The summed E-state index contributed by atoms with van der Waals surface area (Å²) in [6.07, 6.45) is 0. The summed E-state index contributed by atoms with van der Waals surface area (Å²) in [6, 6.07) is 17.5. The number of piperazine rings is 1. The molecule has 0 radical (unpaired) electrons. The molecule has 6 nitrogen and oxygen atoms in total. The van der Waals surface area contributed by atoms with E-state index >= 15 is 0 Å². The lowest BCUT2D eigenvalue weighted by molar-refractivity contribution is 0.546. The molecule has 0 unspecified atom stereocenters. The van der Waals surface area contributed by atoms with E-state index in [-0.39, 0.29) is 0 Å². The van der Waals surface area contributed by atoms with Crippen LogP contribution >= 0.6 is 0 Å². The minimum atomic E-state index is 0.357. The van der Waals surface area contributed by atoms with E-state index in [2.05, 4.69) is 86.0 Å². The van der Waals surface area contributed by atoms with Crippen LogP contribution in [0.1, 0.15) is 29.4 Å². The molecule has 0 bridgehead atoms. The molecule has 0 spiro atoms. The van der Waals surface area contributed by atoms with E-state index in [0.717, 1.165) is 53.7 Å². The first-order valence-corrected chi connectivity index (χ1v) is 11.3. The number of anilines is 2. The van der Waals surface area contributed by atoms with Crippen molar-refractivity contribution in [1.82, 2.24) is 19.7 Å². The van der Waals surface area contributed by atoms with Gasteiger partial charge in [-0.25, -0.2) is 14.6 Å². The average Bonchev–Trinajstić information content (AvgIpc) is 3.11. The number of rotatable bonds is 3. The van der Waals surface area contributed by atoms with Crippen LogP contribution in [0.4, 0.5) is 11.5 Å². The van der Waals surface area contributed by atoms with Crippen molar-refractivity contribution in [2.24, 2.45) is 0 Å². The van der Waals surface area contributed by atoms with Gasteiger partial charge in [-0.15, -0.1) is 0 Å². The number of nitrogens with zero attached hydrogens (tertiary/aromatic N) is 6. The highest BCUT2D eigenvalue weighted by atomic mass is 15.4. The highest BCUT2D eigenvalue weighted by molar-refractivity contribution is 5.79. The third-order valence-corrected chi connectivity index (χ3v) is 6.29. The molecule has 3 heterocycles. The van der Waals surface area contributed by atoms with Gasteiger partial charge in [-0.3, -0.25) is 0 Å². The third kappa shape index (κ3) is 3.70. The first-order chi connectivity index (χ1) is 15.4. The fourth-order valence-corrected chi connectivity index (χ4v) is 4.61. The van der Waals surface area contributed by atoms with E-state index in [1.807, 2.05) is 11.6 Å². The molecule has 0 N–H and O–H groups in total. The second-order valence-electron chi connectivity index (χ2n) is 9.03. The van der Waals surface area contributed by atoms with Crippen LogP contribution in [0.5, 0.6) is 0 Å². The first kappa shape index (κ1) is 20.5. The van der Waals surface area contributed by atoms with Gasteiger partial charge in [0.05, 0.1) is 16.7 Å². The van der Waals surface area contributed by atoms with Crippen LogP contribution in [0.25, 0.3) is 16.9 Å². The van der Waals surface area contributed by atoms with Crippen LogP contribution in [0, 0.1) is 27.7 Å². The van der Waals surface area contributed by atoms with E-state index in [4.69, 9.17) is 15.1 Å². The van der Waals surface area contributed by atoms with Crippen molar-refractivity contribution in [3.63, 3.8) is 0 Å². The Balaban J connectivity index is 1.54. The smallest absolute Gasteiger partial charge is 0.197 e. The standard InChI is InChI=1S/C26H30N6/c1-17-6-9-22(10-7-17)31-13-12-30(16-21(31)5)25-26(32-20(4)15-19(3)29-32)28-24-14-18(2)8-11-23(24)27-25/h6-11,14-15,21H,12-13,16H2,1-5H3/t21-/m0/s1. The molecule has 164 valence electrons. The number of hydrogen-bond acceptors (Lipinski definition) is 5. The lowest BCUT2D eigenvalue weighted by Crippen LogP contribution is -2.52. The van der Waals surface area contributed by atoms with Crippen molar-refractivity contribution in [3.05, 3.63) is 71.0 Å². The molecular formula is C26H30N6. The van der Waals surface area contributed by atoms with Gasteiger partial charge in [-0.2, -0.15) is 5.10 Å². The van der Waals surface area contributed by atoms with Gasteiger partial charge in [0, 0.05) is 37.1 Å². The highest BCUT2D eigenvalue weighted by Gasteiger charge is 2.28. The maximum atomic E-state index is 5.09. The molecule has 1 aliphatic rings. The SMILES string of the molecule is Cc1ccc(N2CCN(c3nc4ccc(C)cc4nc3-n3nc(C)cc3C)C[C@@H]2C)cc1. The van der Waals surface area contributed by atoms with Crippen molar-refractivity contribution in [2.75, 3.05) is 29.4 Å². The van der Waals surface area contributed by atoms with E-state index in [1.165, 1.54) is 16.8 Å². The second kappa shape index (κ2) is 7.93. The number of benzene rings is 2. The summed E-state index contributed by atoms with van der Waals surface area (Å²) in [5.41, 5.74) is 7.62. The summed E-state index contributed by atoms with van der Waals surface area (Å²) in [6.45, 7) is 13.3. The molecule has 5 rings (SSSR count). The van der Waals surface area contributed by atoms with Gasteiger partial charge in [0.2, 0.25) is 0 Å².